The van der Waals surface area contributed by atoms with E-state index in [0.29, 0.717) is 6.42 Å². The standard InChI is InChI=1S/C11H11F4N/c12-10-7(9-5-2-6-16-9)3-1-4-8(10)11(13,14)15/h1,3-4,9,16H,2,5-6H2. The third-order valence-corrected chi connectivity index (χ3v) is 2.77. The van der Waals surface area contributed by atoms with Crippen LogP contribution in [-0.4, -0.2) is 6.54 Å². The van der Waals surface area contributed by atoms with E-state index < -0.39 is 17.6 Å². The number of nitrogens with one attached hydrogen (secondary N) is 1. The van der Waals surface area contributed by atoms with Gasteiger partial charge in [-0.1, -0.05) is 12.1 Å². The van der Waals surface area contributed by atoms with Crippen LogP contribution in [-0.2, 0) is 6.18 Å². The van der Waals surface area contributed by atoms with Gasteiger partial charge in [-0.25, -0.2) is 4.39 Å². The van der Waals surface area contributed by atoms with Crippen molar-refractivity contribution in [2.24, 2.45) is 0 Å². The molecule has 2 rings (SSSR count). The zero-order valence-corrected chi connectivity index (χ0v) is 8.44. The number of halogens is 4. The fourth-order valence-electron chi connectivity index (χ4n) is 1.99. The summed E-state index contributed by atoms with van der Waals surface area (Å²) in [7, 11) is 0. The molecule has 1 fully saturated rings. The highest BCUT2D eigenvalue weighted by molar-refractivity contribution is 5.30. The highest BCUT2D eigenvalue weighted by Gasteiger charge is 2.35. The molecule has 0 saturated carbocycles. The molecular formula is C11H11F4N. The van der Waals surface area contributed by atoms with Gasteiger partial charge >= 0.3 is 6.18 Å². The van der Waals surface area contributed by atoms with E-state index in [0.717, 1.165) is 19.0 Å². The fraction of sp³-hybridized carbons (Fsp3) is 0.455. The summed E-state index contributed by atoms with van der Waals surface area (Å²) < 4.78 is 51.0. The minimum Gasteiger partial charge on any atom is -0.310 e. The molecule has 0 bridgehead atoms. The molecule has 88 valence electrons. The van der Waals surface area contributed by atoms with Crippen LogP contribution in [0.3, 0.4) is 0 Å². The Hall–Kier alpha value is -1.10. The van der Waals surface area contributed by atoms with Gasteiger partial charge in [0.05, 0.1) is 5.56 Å². The first-order valence-electron chi connectivity index (χ1n) is 5.09. The second-order valence-electron chi connectivity index (χ2n) is 3.86. The van der Waals surface area contributed by atoms with Gasteiger partial charge in [0.2, 0.25) is 0 Å². The Morgan fingerprint density at radius 2 is 2.00 bits per heavy atom. The second kappa shape index (κ2) is 4.05. The minimum atomic E-state index is -4.63. The second-order valence-corrected chi connectivity index (χ2v) is 3.86. The van der Waals surface area contributed by atoms with E-state index in [1.165, 1.54) is 12.1 Å². The van der Waals surface area contributed by atoms with Crippen LogP contribution in [0.2, 0.25) is 0 Å². The van der Waals surface area contributed by atoms with Gasteiger partial charge in [0.15, 0.2) is 0 Å². The van der Waals surface area contributed by atoms with Crippen molar-refractivity contribution in [1.29, 1.82) is 0 Å². The molecule has 1 atom stereocenters. The molecule has 1 aliphatic heterocycles. The first-order chi connectivity index (χ1) is 7.50. The maximum atomic E-state index is 13.7. The lowest BCUT2D eigenvalue weighted by Crippen LogP contribution is -2.17. The third kappa shape index (κ3) is 2.04. The van der Waals surface area contributed by atoms with E-state index in [2.05, 4.69) is 5.32 Å². The number of hydrogen-bond acceptors (Lipinski definition) is 1. The van der Waals surface area contributed by atoms with Crippen molar-refractivity contribution in [2.45, 2.75) is 25.1 Å². The topological polar surface area (TPSA) is 12.0 Å². The Morgan fingerprint density at radius 1 is 1.25 bits per heavy atom. The zero-order chi connectivity index (χ0) is 11.8. The van der Waals surface area contributed by atoms with Crippen molar-refractivity contribution in [2.75, 3.05) is 6.54 Å². The molecule has 1 N–H and O–H groups in total. The van der Waals surface area contributed by atoms with Crippen LogP contribution in [0.1, 0.15) is 30.0 Å². The first-order valence-corrected chi connectivity index (χ1v) is 5.09. The van der Waals surface area contributed by atoms with Crippen LogP contribution in [0.15, 0.2) is 18.2 Å². The Kier molecular flexibility index (Phi) is 2.88. The average Bonchev–Trinajstić information content (AvgIpc) is 2.69. The summed E-state index contributed by atoms with van der Waals surface area (Å²) in [5.41, 5.74) is -1.06. The summed E-state index contributed by atoms with van der Waals surface area (Å²) in [6.45, 7) is 0.723. The maximum Gasteiger partial charge on any atom is 0.419 e. The number of alkyl halides is 3. The summed E-state index contributed by atoms with van der Waals surface area (Å²) >= 11 is 0. The molecule has 5 heteroatoms. The number of rotatable bonds is 1. The van der Waals surface area contributed by atoms with Gasteiger partial charge in [0.1, 0.15) is 5.82 Å². The SMILES string of the molecule is Fc1c(C2CCCN2)cccc1C(F)(F)F. The van der Waals surface area contributed by atoms with Crippen molar-refractivity contribution in [1.82, 2.24) is 5.32 Å². The Balaban J connectivity index is 2.40. The van der Waals surface area contributed by atoms with Crippen molar-refractivity contribution in [3.05, 3.63) is 35.1 Å². The van der Waals surface area contributed by atoms with Crippen molar-refractivity contribution in [3.63, 3.8) is 0 Å². The van der Waals surface area contributed by atoms with E-state index in [-0.39, 0.29) is 11.6 Å². The normalized spacial score (nSPS) is 21.4. The van der Waals surface area contributed by atoms with Crippen LogP contribution in [0.25, 0.3) is 0 Å². The summed E-state index contributed by atoms with van der Waals surface area (Å²) in [6, 6.07) is 3.14. The Morgan fingerprint density at radius 3 is 2.56 bits per heavy atom. The molecule has 1 heterocycles. The molecule has 1 aliphatic rings. The predicted molar refractivity (Wildman–Crippen MR) is 51.4 cm³/mol. The van der Waals surface area contributed by atoms with E-state index in [1.807, 2.05) is 0 Å². The van der Waals surface area contributed by atoms with Crippen molar-refractivity contribution in [3.8, 4) is 0 Å². The molecular weight excluding hydrogens is 222 g/mol. The molecule has 0 radical (unpaired) electrons. The van der Waals surface area contributed by atoms with E-state index in [4.69, 9.17) is 0 Å². The smallest absolute Gasteiger partial charge is 0.310 e. The van der Waals surface area contributed by atoms with Crippen LogP contribution in [0.4, 0.5) is 17.6 Å². The molecule has 1 saturated heterocycles. The maximum absolute atomic E-state index is 13.7. The largest absolute Gasteiger partial charge is 0.419 e. The van der Waals surface area contributed by atoms with Gasteiger partial charge in [-0.3, -0.25) is 0 Å². The summed E-state index contributed by atoms with van der Waals surface area (Å²) in [4.78, 5) is 0. The molecule has 1 nitrogen and oxygen atoms in total. The lowest BCUT2D eigenvalue weighted by Gasteiger charge is -2.15. The van der Waals surface area contributed by atoms with Gasteiger partial charge in [0.25, 0.3) is 0 Å². The molecule has 1 aromatic carbocycles. The van der Waals surface area contributed by atoms with E-state index in [1.54, 1.807) is 0 Å². The predicted octanol–water partition coefficient (Wildman–Crippen LogP) is 3.27. The van der Waals surface area contributed by atoms with E-state index >= 15 is 0 Å². The summed E-state index contributed by atoms with van der Waals surface area (Å²) in [5, 5.41) is 2.99. The molecule has 0 aliphatic carbocycles. The highest BCUT2D eigenvalue weighted by atomic mass is 19.4. The fourth-order valence-corrected chi connectivity index (χ4v) is 1.99. The van der Waals surface area contributed by atoms with Gasteiger partial charge in [-0.2, -0.15) is 13.2 Å². The van der Waals surface area contributed by atoms with Crippen molar-refractivity contribution >= 4 is 0 Å². The number of hydrogen-bond donors (Lipinski definition) is 1. The first kappa shape index (κ1) is 11.4. The summed E-state index contributed by atoms with van der Waals surface area (Å²) in [6.07, 6.45) is -3.09. The van der Waals surface area contributed by atoms with Crippen LogP contribution in [0, 0.1) is 5.82 Å². The Bertz CT molecular complexity index is 380. The zero-order valence-electron chi connectivity index (χ0n) is 8.44. The molecule has 1 unspecified atom stereocenters. The lowest BCUT2D eigenvalue weighted by molar-refractivity contribution is -0.140. The minimum absolute atomic E-state index is 0.118. The number of benzene rings is 1. The van der Waals surface area contributed by atoms with Gasteiger partial charge in [-0.05, 0) is 25.5 Å². The molecule has 16 heavy (non-hydrogen) atoms. The van der Waals surface area contributed by atoms with Gasteiger partial charge < -0.3 is 5.32 Å². The van der Waals surface area contributed by atoms with Gasteiger partial charge in [-0.15, -0.1) is 0 Å². The average molecular weight is 233 g/mol. The lowest BCUT2D eigenvalue weighted by atomic mass is 10.0. The van der Waals surface area contributed by atoms with Crippen LogP contribution >= 0.6 is 0 Å². The van der Waals surface area contributed by atoms with Gasteiger partial charge in [0, 0.05) is 11.6 Å². The quantitative estimate of drug-likeness (QED) is 0.734. The molecule has 0 aromatic heterocycles. The molecule has 0 spiro atoms. The molecule has 0 amide bonds. The summed E-state index contributed by atoms with van der Waals surface area (Å²) in [5.74, 6) is -1.14. The van der Waals surface area contributed by atoms with Crippen LogP contribution in [0.5, 0.6) is 0 Å². The molecule has 1 aromatic rings. The van der Waals surface area contributed by atoms with Crippen LogP contribution < -0.4 is 5.32 Å². The van der Waals surface area contributed by atoms with Crippen molar-refractivity contribution < 1.29 is 17.6 Å². The Labute approximate surface area is 90.5 Å². The highest BCUT2D eigenvalue weighted by Crippen LogP contribution is 2.35. The monoisotopic (exact) mass is 233 g/mol. The van der Waals surface area contributed by atoms with E-state index in [9.17, 15) is 17.6 Å². The third-order valence-electron chi connectivity index (χ3n) is 2.77.